The fourth-order valence-electron chi connectivity index (χ4n) is 3.19. The number of carbonyl (C=O) groups excluding carboxylic acids is 2. The van der Waals surface area contributed by atoms with Crippen LogP contribution in [0.5, 0.6) is 0 Å². The Labute approximate surface area is 185 Å². The van der Waals surface area contributed by atoms with E-state index in [0.717, 1.165) is 51.4 Å². The topological polar surface area (TPSA) is 72.8 Å². The molecule has 0 heterocycles. The fourth-order valence-corrected chi connectivity index (χ4v) is 3.19. The van der Waals surface area contributed by atoms with Gasteiger partial charge in [-0.25, -0.2) is 0 Å². The first-order chi connectivity index (χ1) is 13.9. The monoisotopic (exact) mass is 428 g/mol. The van der Waals surface area contributed by atoms with Gasteiger partial charge in [0.2, 0.25) is 0 Å². The van der Waals surface area contributed by atoms with Gasteiger partial charge in [0.1, 0.15) is 13.2 Å². The smallest absolute Gasteiger partial charge is 0.311 e. The molecule has 0 aromatic rings. The molecule has 0 aromatic carbocycles. The zero-order valence-corrected chi connectivity index (χ0v) is 20.8. The number of aliphatic hydroxyl groups is 1. The SMILES string of the molecule is CCCCCCC(C)(C)C(=O)OCC(C)(CO)COC(=O)C(C)(C)CCCCCC. The van der Waals surface area contributed by atoms with Crippen LogP contribution in [0, 0.1) is 16.2 Å². The highest BCUT2D eigenvalue weighted by Gasteiger charge is 2.35. The van der Waals surface area contributed by atoms with Gasteiger partial charge < -0.3 is 14.6 Å². The highest BCUT2D eigenvalue weighted by molar-refractivity contribution is 5.76. The van der Waals surface area contributed by atoms with Crippen molar-refractivity contribution in [1.29, 1.82) is 0 Å². The van der Waals surface area contributed by atoms with E-state index in [1.165, 1.54) is 12.8 Å². The van der Waals surface area contributed by atoms with Crippen molar-refractivity contribution < 1.29 is 24.2 Å². The predicted octanol–water partition coefficient (Wildman–Crippen LogP) is 6.06. The molecule has 0 aliphatic heterocycles. The van der Waals surface area contributed by atoms with E-state index in [2.05, 4.69) is 13.8 Å². The summed E-state index contributed by atoms with van der Waals surface area (Å²) in [4.78, 5) is 25.1. The number of aliphatic hydroxyl groups excluding tert-OH is 1. The molecule has 0 spiro atoms. The van der Waals surface area contributed by atoms with Gasteiger partial charge in [0, 0.05) is 0 Å². The molecule has 30 heavy (non-hydrogen) atoms. The van der Waals surface area contributed by atoms with Gasteiger partial charge in [0.15, 0.2) is 0 Å². The van der Waals surface area contributed by atoms with Crippen molar-refractivity contribution in [2.75, 3.05) is 19.8 Å². The summed E-state index contributed by atoms with van der Waals surface area (Å²) in [7, 11) is 0. The first-order valence-corrected chi connectivity index (χ1v) is 11.9. The van der Waals surface area contributed by atoms with Crippen LogP contribution >= 0.6 is 0 Å². The van der Waals surface area contributed by atoms with Crippen molar-refractivity contribution in [2.24, 2.45) is 16.2 Å². The summed E-state index contributed by atoms with van der Waals surface area (Å²) in [5.41, 5.74) is -1.91. The summed E-state index contributed by atoms with van der Waals surface area (Å²) in [5.74, 6) is -0.525. The molecule has 0 radical (unpaired) electrons. The Balaban J connectivity index is 4.57. The molecule has 0 atom stereocenters. The molecule has 0 rings (SSSR count). The molecular weight excluding hydrogens is 380 g/mol. The zero-order chi connectivity index (χ0) is 23.3. The third-order valence-corrected chi connectivity index (χ3v) is 5.90. The van der Waals surface area contributed by atoms with Gasteiger partial charge in [0.25, 0.3) is 0 Å². The number of hydrogen-bond acceptors (Lipinski definition) is 5. The maximum atomic E-state index is 12.5. The van der Waals surface area contributed by atoms with Gasteiger partial charge in [-0.2, -0.15) is 0 Å². The minimum Gasteiger partial charge on any atom is -0.464 e. The van der Waals surface area contributed by atoms with E-state index >= 15 is 0 Å². The van der Waals surface area contributed by atoms with Crippen molar-refractivity contribution >= 4 is 11.9 Å². The molecule has 0 saturated heterocycles. The van der Waals surface area contributed by atoms with E-state index in [4.69, 9.17) is 9.47 Å². The van der Waals surface area contributed by atoms with Crippen LogP contribution in [0.15, 0.2) is 0 Å². The molecule has 0 saturated carbocycles. The van der Waals surface area contributed by atoms with Crippen molar-refractivity contribution in [3.8, 4) is 0 Å². The van der Waals surface area contributed by atoms with Crippen molar-refractivity contribution in [3.63, 3.8) is 0 Å². The van der Waals surface area contributed by atoms with E-state index in [1.54, 1.807) is 6.92 Å². The van der Waals surface area contributed by atoms with Crippen LogP contribution in [0.3, 0.4) is 0 Å². The van der Waals surface area contributed by atoms with E-state index < -0.39 is 16.2 Å². The van der Waals surface area contributed by atoms with E-state index in [-0.39, 0.29) is 31.8 Å². The van der Waals surface area contributed by atoms with Crippen LogP contribution in [0.2, 0.25) is 0 Å². The van der Waals surface area contributed by atoms with E-state index in [1.807, 2.05) is 27.7 Å². The number of rotatable bonds is 17. The molecule has 178 valence electrons. The zero-order valence-electron chi connectivity index (χ0n) is 20.8. The molecule has 0 aliphatic rings. The van der Waals surface area contributed by atoms with Crippen LogP contribution in [-0.4, -0.2) is 36.9 Å². The molecule has 0 amide bonds. The third kappa shape index (κ3) is 11.3. The number of unbranched alkanes of at least 4 members (excludes halogenated alkanes) is 6. The van der Waals surface area contributed by atoms with Crippen molar-refractivity contribution in [3.05, 3.63) is 0 Å². The third-order valence-electron chi connectivity index (χ3n) is 5.90. The van der Waals surface area contributed by atoms with Crippen LogP contribution in [0.25, 0.3) is 0 Å². The van der Waals surface area contributed by atoms with Gasteiger partial charge in [-0.1, -0.05) is 72.1 Å². The maximum absolute atomic E-state index is 12.5. The second-order valence-corrected chi connectivity index (χ2v) is 10.5. The van der Waals surface area contributed by atoms with Gasteiger partial charge in [-0.3, -0.25) is 9.59 Å². The number of carbonyl (C=O) groups is 2. The Morgan fingerprint density at radius 2 is 1.03 bits per heavy atom. The van der Waals surface area contributed by atoms with E-state index in [9.17, 15) is 14.7 Å². The number of esters is 2. The lowest BCUT2D eigenvalue weighted by atomic mass is 9.86. The minimum atomic E-state index is -0.804. The van der Waals surface area contributed by atoms with E-state index in [0.29, 0.717) is 0 Å². The average molecular weight is 429 g/mol. The lowest BCUT2D eigenvalue weighted by Gasteiger charge is -2.31. The predicted molar refractivity (Wildman–Crippen MR) is 122 cm³/mol. The molecule has 0 unspecified atom stereocenters. The Bertz CT molecular complexity index is 456. The lowest BCUT2D eigenvalue weighted by Crippen LogP contribution is -2.39. The second-order valence-electron chi connectivity index (χ2n) is 10.5. The summed E-state index contributed by atoms with van der Waals surface area (Å²) < 4.78 is 11.1. The first kappa shape index (κ1) is 28.9. The molecule has 1 N–H and O–H groups in total. The Hall–Kier alpha value is -1.10. The quantitative estimate of drug-likeness (QED) is 0.225. The van der Waals surface area contributed by atoms with Crippen LogP contribution in [0.1, 0.15) is 113 Å². The molecule has 0 fully saturated rings. The fraction of sp³-hybridized carbons (Fsp3) is 0.920. The normalized spacial score (nSPS) is 12.7. The Morgan fingerprint density at radius 3 is 1.33 bits per heavy atom. The highest BCUT2D eigenvalue weighted by atomic mass is 16.6. The lowest BCUT2D eigenvalue weighted by molar-refractivity contribution is -0.166. The molecule has 5 nitrogen and oxygen atoms in total. The highest BCUT2D eigenvalue weighted by Crippen LogP contribution is 2.29. The Morgan fingerprint density at radius 1 is 0.667 bits per heavy atom. The van der Waals surface area contributed by atoms with Crippen LogP contribution < -0.4 is 0 Å². The maximum Gasteiger partial charge on any atom is 0.311 e. The number of ether oxygens (including phenoxy) is 2. The van der Waals surface area contributed by atoms with Crippen LogP contribution in [-0.2, 0) is 19.1 Å². The summed E-state index contributed by atoms with van der Waals surface area (Å²) >= 11 is 0. The standard InChI is InChI=1S/C25H48O5/c1-8-10-12-14-16-23(3,4)21(27)29-19-25(7,18-26)20-30-22(28)24(5,6)17-15-13-11-9-2/h26H,8-20H2,1-7H3. The van der Waals surface area contributed by atoms with Gasteiger partial charge >= 0.3 is 11.9 Å². The summed E-state index contributed by atoms with van der Waals surface area (Å²) in [6.07, 6.45) is 10.5. The Kier molecular flexibility index (Phi) is 13.5. The summed E-state index contributed by atoms with van der Waals surface area (Å²) in [6.45, 7) is 13.5. The summed E-state index contributed by atoms with van der Waals surface area (Å²) in [5, 5.41) is 9.84. The van der Waals surface area contributed by atoms with Crippen molar-refractivity contribution in [2.45, 2.75) is 113 Å². The van der Waals surface area contributed by atoms with Gasteiger partial charge in [0.05, 0.1) is 22.9 Å². The largest absolute Gasteiger partial charge is 0.464 e. The van der Waals surface area contributed by atoms with Gasteiger partial charge in [-0.15, -0.1) is 0 Å². The molecule has 0 aromatic heterocycles. The second kappa shape index (κ2) is 14.1. The average Bonchev–Trinajstić information content (AvgIpc) is 2.70. The molecule has 0 bridgehead atoms. The molecular formula is C25H48O5. The first-order valence-electron chi connectivity index (χ1n) is 11.9. The molecule has 0 aliphatic carbocycles. The van der Waals surface area contributed by atoms with Crippen molar-refractivity contribution in [1.82, 2.24) is 0 Å². The number of hydrogen-bond donors (Lipinski definition) is 1. The summed E-state index contributed by atoms with van der Waals surface area (Å²) in [6, 6.07) is 0. The van der Waals surface area contributed by atoms with Gasteiger partial charge in [-0.05, 0) is 40.5 Å². The molecule has 5 heteroatoms. The minimum absolute atomic E-state index is 0.0327. The van der Waals surface area contributed by atoms with Crippen LogP contribution in [0.4, 0.5) is 0 Å².